The number of nitro groups is 2. The van der Waals surface area contributed by atoms with Crippen molar-refractivity contribution in [2.75, 3.05) is 5.32 Å². The third-order valence-corrected chi connectivity index (χ3v) is 3.58. The highest BCUT2D eigenvalue weighted by atomic mass is 16.6. The molecule has 0 radical (unpaired) electrons. The van der Waals surface area contributed by atoms with Gasteiger partial charge >= 0.3 is 5.97 Å². The molecule has 0 saturated heterocycles. The molecule has 2 aromatic carbocycles. The average Bonchev–Trinajstić information content (AvgIpc) is 2.59. The molecule has 0 saturated carbocycles. The Morgan fingerprint density at radius 3 is 2.32 bits per heavy atom. The second kappa shape index (κ2) is 7.86. The molecule has 0 heterocycles. The molecule has 0 aliphatic carbocycles. The number of nitro benzene ring substituents is 2. The maximum atomic E-state index is 11.4. The van der Waals surface area contributed by atoms with Crippen molar-refractivity contribution >= 4 is 23.0 Å². The van der Waals surface area contributed by atoms with Crippen LogP contribution < -0.4 is 5.32 Å². The summed E-state index contributed by atoms with van der Waals surface area (Å²) in [6, 6.07) is 11.2. The van der Waals surface area contributed by atoms with E-state index in [9.17, 15) is 30.1 Å². The normalized spacial score (nSPS) is 11.5. The zero-order valence-corrected chi connectivity index (χ0v) is 13.0. The van der Waals surface area contributed by atoms with Crippen molar-refractivity contribution in [3.8, 4) is 0 Å². The molecule has 0 bridgehead atoms. The van der Waals surface area contributed by atoms with Gasteiger partial charge in [0.15, 0.2) is 0 Å². The zero-order valence-electron chi connectivity index (χ0n) is 13.0. The number of aryl methyl sites for hydroxylation is 1. The van der Waals surface area contributed by atoms with Gasteiger partial charge in [0.1, 0.15) is 11.7 Å². The standard InChI is InChI=1S/C16H15N3O6/c20-16(21)14(8-6-11-4-2-1-3-5-11)17-13-9-7-12(18(22)23)10-15(13)19(24)25/h1-5,7,9-10,14,17H,6,8H2,(H,20,21)/t14-/m0/s1. The number of nitrogens with one attached hydrogen (secondary N) is 1. The quantitative estimate of drug-likeness (QED) is 0.554. The molecule has 0 unspecified atom stereocenters. The van der Waals surface area contributed by atoms with Crippen LogP contribution in [0.25, 0.3) is 0 Å². The second-order valence-corrected chi connectivity index (χ2v) is 5.28. The van der Waals surface area contributed by atoms with E-state index in [4.69, 9.17) is 0 Å². The van der Waals surface area contributed by atoms with Gasteiger partial charge in [0.05, 0.1) is 15.9 Å². The first-order valence-corrected chi connectivity index (χ1v) is 7.34. The number of carboxylic acid groups (broad SMARTS) is 1. The molecule has 0 amide bonds. The number of anilines is 1. The van der Waals surface area contributed by atoms with Gasteiger partial charge in [-0.3, -0.25) is 20.2 Å². The second-order valence-electron chi connectivity index (χ2n) is 5.28. The number of hydrogen-bond donors (Lipinski definition) is 2. The number of nitrogens with zero attached hydrogens (tertiary/aromatic N) is 2. The monoisotopic (exact) mass is 345 g/mol. The Hall–Kier alpha value is -3.49. The molecule has 130 valence electrons. The summed E-state index contributed by atoms with van der Waals surface area (Å²) in [5.74, 6) is -1.16. The van der Waals surface area contributed by atoms with Crippen LogP contribution in [0.1, 0.15) is 12.0 Å². The molecule has 1 atom stereocenters. The summed E-state index contributed by atoms with van der Waals surface area (Å²) in [4.78, 5) is 31.8. The van der Waals surface area contributed by atoms with Crippen molar-refractivity contribution in [1.82, 2.24) is 0 Å². The van der Waals surface area contributed by atoms with E-state index < -0.39 is 33.2 Å². The van der Waals surface area contributed by atoms with Gasteiger partial charge in [-0.2, -0.15) is 0 Å². The number of carbonyl (C=O) groups is 1. The summed E-state index contributed by atoms with van der Waals surface area (Å²) in [6.07, 6.45) is 0.666. The van der Waals surface area contributed by atoms with E-state index in [0.717, 1.165) is 23.8 Å². The molecule has 25 heavy (non-hydrogen) atoms. The smallest absolute Gasteiger partial charge is 0.326 e. The van der Waals surface area contributed by atoms with Crippen molar-refractivity contribution in [2.24, 2.45) is 0 Å². The van der Waals surface area contributed by atoms with Gasteiger partial charge in [0.2, 0.25) is 0 Å². The minimum absolute atomic E-state index is 0.0731. The van der Waals surface area contributed by atoms with Crippen molar-refractivity contribution < 1.29 is 19.7 Å². The largest absolute Gasteiger partial charge is 0.480 e. The van der Waals surface area contributed by atoms with Crippen LogP contribution in [0.2, 0.25) is 0 Å². The van der Waals surface area contributed by atoms with Gasteiger partial charge in [-0.05, 0) is 24.5 Å². The van der Waals surface area contributed by atoms with Gasteiger partial charge in [0, 0.05) is 6.07 Å². The third kappa shape index (κ3) is 4.74. The maximum absolute atomic E-state index is 11.4. The number of rotatable bonds is 8. The van der Waals surface area contributed by atoms with Crippen LogP contribution in [-0.2, 0) is 11.2 Å². The lowest BCUT2D eigenvalue weighted by molar-refractivity contribution is -0.393. The van der Waals surface area contributed by atoms with Crippen molar-refractivity contribution in [3.05, 3.63) is 74.3 Å². The van der Waals surface area contributed by atoms with Gasteiger partial charge in [0.25, 0.3) is 11.4 Å². The Morgan fingerprint density at radius 2 is 1.76 bits per heavy atom. The molecule has 0 fully saturated rings. The SMILES string of the molecule is O=C(O)[C@H](CCc1ccccc1)Nc1ccc([N+](=O)[O-])cc1[N+](=O)[O-]. The fourth-order valence-electron chi connectivity index (χ4n) is 2.31. The van der Waals surface area contributed by atoms with E-state index in [-0.39, 0.29) is 12.1 Å². The first-order chi connectivity index (χ1) is 11.9. The molecule has 0 aliphatic heterocycles. The number of non-ortho nitro benzene ring substituents is 1. The van der Waals surface area contributed by atoms with Crippen molar-refractivity contribution in [2.45, 2.75) is 18.9 Å². The summed E-state index contributed by atoms with van der Waals surface area (Å²) in [5, 5.41) is 33.8. The summed E-state index contributed by atoms with van der Waals surface area (Å²) in [6.45, 7) is 0. The maximum Gasteiger partial charge on any atom is 0.326 e. The van der Waals surface area contributed by atoms with Crippen LogP contribution in [-0.4, -0.2) is 27.0 Å². The highest BCUT2D eigenvalue weighted by molar-refractivity contribution is 5.79. The molecular weight excluding hydrogens is 330 g/mol. The zero-order chi connectivity index (χ0) is 18.4. The lowest BCUT2D eigenvalue weighted by atomic mass is 10.0. The van der Waals surface area contributed by atoms with Crippen LogP contribution in [0.5, 0.6) is 0 Å². The topological polar surface area (TPSA) is 136 Å². The van der Waals surface area contributed by atoms with E-state index in [0.29, 0.717) is 6.42 Å². The van der Waals surface area contributed by atoms with Crippen molar-refractivity contribution in [3.63, 3.8) is 0 Å². The van der Waals surface area contributed by atoms with Crippen LogP contribution in [0.3, 0.4) is 0 Å². The molecular formula is C16H15N3O6. The number of hydrogen-bond acceptors (Lipinski definition) is 6. The van der Waals surface area contributed by atoms with Crippen LogP contribution in [0.15, 0.2) is 48.5 Å². The summed E-state index contributed by atoms with van der Waals surface area (Å²) in [7, 11) is 0. The average molecular weight is 345 g/mol. The Labute approximate surface area is 142 Å². The predicted octanol–water partition coefficient (Wildman–Crippen LogP) is 3.00. The molecule has 0 aliphatic rings. The van der Waals surface area contributed by atoms with Gasteiger partial charge in [-0.15, -0.1) is 0 Å². The number of carboxylic acids is 1. The van der Waals surface area contributed by atoms with Crippen LogP contribution >= 0.6 is 0 Å². The molecule has 9 nitrogen and oxygen atoms in total. The predicted molar refractivity (Wildman–Crippen MR) is 89.6 cm³/mol. The summed E-state index contributed by atoms with van der Waals surface area (Å²) >= 11 is 0. The number of aliphatic carboxylic acids is 1. The van der Waals surface area contributed by atoms with E-state index >= 15 is 0 Å². The molecule has 0 spiro atoms. The Balaban J connectivity index is 2.20. The fourth-order valence-corrected chi connectivity index (χ4v) is 2.31. The van der Waals surface area contributed by atoms with Crippen molar-refractivity contribution in [1.29, 1.82) is 0 Å². The summed E-state index contributed by atoms with van der Waals surface area (Å²) < 4.78 is 0. The first-order valence-electron chi connectivity index (χ1n) is 7.34. The molecule has 2 rings (SSSR count). The van der Waals surface area contributed by atoms with E-state index in [1.165, 1.54) is 0 Å². The fraction of sp³-hybridized carbons (Fsp3) is 0.188. The van der Waals surface area contributed by atoms with Gasteiger partial charge in [-0.25, -0.2) is 4.79 Å². The van der Waals surface area contributed by atoms with Crippen LogP contribution in [0.4, 0.5) is 17.1 Å². The van der Waals surface area contributed by atoms with E-state index in [1.54, 1.807) is 0 Å². The molecule has 2 aromatic rings. The minimum Gasteiger partial charge on any atom is -0.480 e. The van der Waals surface area contributed by atoms with E-state index in [2.05, 4.69) is 5.32 Å². The minimum atomic E-state index is -1.16. The Morgan fingerprint density at radius 1 is 1.08 bits per heavy atom. The first kappa shape index (κ1) is 17.9. The molecule has 0 aromatic heterocycles. The summed E-state index contributed by atoms with van der Waals surface area (Å²) in [5.41, 5.74) is -0.113. The Bertz CT molecular complexity index is 794. The van der Waals surface area contributed by atoms with E-state index in [1.807, 2.05) is 30.3 Å². The molecule has 9 heteroatoms. The van der Waals surface area contributed by atoms with Crippen LogP contribution in [0, 0.1) is 20.2 Å². The third-order valence-electron chi connectivity index (χ3n) is 3.58. The Kier molecular flexibility index (Phi) is 5.62. The lowest BCUT2D eigenvalue weighted by Crippen LogP contribution is -2.30. The van der Waals surface area contributed by atoms with Gasteiger partial charge in [-0.1, -0.05) is 30.3 Å². The number of benzene rings is 2. The highest BCUT2D eigenvalue weighted by Crippen LogP contribution is 2.29. The molecule has 2 N–H and O–H groups in total. The van der Waals surface area contributed by atoms with Gasteiger partial charge < -0.3 is 10.4 Å². The highest BCUT2D eigenvalue weighted by Gasteiger charge is 2.24. The lowest BCUT2D eigenvalue weighted by Gasteiger charge is -2.15.